The van der Waals surface area contributed by atoms with Crippen LogP contribution in [0.15, 0.2) is 36.4 Å². The second-order valence-corrected chi connectivity index (χ2v) is 6.47. The van der Waals surface area contributed by atoms with Gasteiger partial charge in [0.25, 0.3) is 5.91 Å². The van der Waals surface area contributed by atoms with E-state index in [-0.39, 0.29) is 15.6 Å². The highest BCUT2D eigenvalue weighted by Gasteiger charge is 2.15. The monoisotopic (exact) mass is 424 g/mol. The summed E-state index contributed by atoms with van der Waals surface area (Å²) < 4.78 is 15.6. The number of urea groups is 1. The Hall–Kier alpha value is -2.97. The van der Waals surface area contributed by atoms with E-state index in [0.29, 0.717) is 30.4 Å². The summed E-state index contributed by atoms with van der Waals surface area (Å²) in [5.41, 5.74) is 0.492. The highest BCUT2D eigenvalue weighted by Crippen LogP contribution is 2.32. The van der Waals surface area contributed by atoms with E-state index in [4.69, 9.17) is 37.4 Å². The van der Waals surface area contributed by atoms with Crippen LogP contribution in [0.25, 0.3) is 0 Å². The third-order valence-electron chi connectivity index (χ3n) is 3.49. The number of nitrogens with one attached hydrogen (secondary N) is 2. The molecule has 0 unspecified atom stereocenters. The van der Waals surface area contributed by atoms with E-state index in [1.807, 2.05) is 5.32 Å². The maximum absolute atomic E-state index is 11.9. The number of ether oxygens (including phenoxy) is 3. The maximum Gasteiger partial charge on any atom is 0.338 e. The van der Waals surface area contributed by atoms with Crippen LogP contribution >= 0.6 is 23.2 Å². The number of anilines is 1. The summed E-state index contributed by atoms with van der Waals surface area (Å²) in [5.74, 6) is -0.547. The van der Waals surface area contributed by atoms with Crippen LogP contribution in [0.3, 0.4) is 0 Å². The van der Waals surface area contributed by atoms with Crippen LogP contribution in [-0.4, -0.2) is 37.7 Å². The summed E-state index contributed by atoms with van der Waals surface area (Å²) in [5, 5.41) is 5.03. The van der Waals surface area contributed by atoms with Crippen molar-refractivity contribution in [2.45, 2.75) is 0 Å². The van der Waals surface area contributed by atoms with Crippen molar-refractivity contribution < 1.29 is 28.6 Å². The van der Waals surface area contributed by atoms with Gasteiger partial charge in [-0.3, -0.25) is 10.1 Å². The van der Waals surface area contributed by atoms with Crippen LogP contribution in [0.1, 0.15) is 10.4 Å². The first-order chi connectivity index (χ1) is 13.4. The predicted molar refractivity (Wildman–Crippen MR) is 101 cm³/mol. The topological polar surface area (TPSA) is 103 Å². The van der Waals surface area contributed by atoms with Crippen molar-refractivity contribution in [3.63, 3.8) is 0 Å². The molecule has 3 amide bonds. The molecule has 146 valence electrons. The van der Waals surface area contributed by atoms with Crippen LogP contribution in [0.5, 0.6) is 11.5 Å². The fraction of sp³-hybridized carbons (Fsp3) is 0.167. The minimum absolute atomic E-state index is 0.0889. The summed E-state index contributed by atoms with van der Waals surface area (Å²) >= 11 is 11.6. The summed E-state index contributed by atoms with van der Waals surface area (Å²) in [6.45, 7) is 0.205. The van der Waals surface area contributed by atoms with Gasteiger partial charge in [0.05, 0.1) is 5.56 Å². The number of carbonyl (C=O) groups excluding carboxylic acids is 3. The van der Waals surface area contributed by atoms with Crippen LogP contribution in [-0.2, 0) is 9.53 Å². The molecule has 0 radical (unpaired) electrons. The highest BCUT2D eigenvalue weighted by molar-refractivity contribution is 6.35. The van der Waals surface area contributed by atoms with Gasteiger partial charge in [-0.05, 0) is 30.3 Å². The van der Waals surface area contributed by atoms with Crippen molar-refractivity contribution in [2.24, 2.45) is 0 Å². The largest absolute Gasteiger partial charge is 0.486 e. The van der Waals surface area contributed by atoms with E-state index in [2.05, 4.69) is 5.32 Å². The number of hydrogen-bond acceptors (Lipinski definition) is 6. The Balaban J connectivity index is 1.49. The third-order valence-corrected chi connectivity index (χ3v) is 3.92. The first-order valence-electron chi connectivity index (χ1n) is 8.04. The molecule has 2 aromatic carbocycles. The van der Waals surface area contributed by atoms with E-state index >= 15 is 0 Å². The Morgan fingerprint density at radius 1 is 0.964 bits per heavy atom. The van der Waals surface area contributed by atoms with E-state index in [0.717, 1.165) is 0 Å². The fourth-order valence-electron chi connectivity index (χ4n) is 2.33. The molecule has 0 saturated heterocycles. The summed E-state index contributed by atoms with van der Waals surface area (Å²) in [7, 11) is 0. The van der Waals surface area contributed by atoms with E-state index in [1.54, 1.807) is 18.2 Å². The van der Waals surface area contributed by atoms with Crippen molar-refractivity contribution in [3.05, 3.63) is 52.0 Å². The summed E-state index contributed by atoms with van der Waals surface area (Å²) in [6, 6.07) is 8.17. The molecule has 2 aromatic rings. The number of fused-ring (bicyclic) bond motifs is 1. The van der Waals surface area contributed by atoms with Gasteiger partial charge in [0.2, 0.25) is 0 Å². The normalized spacial score (nSPS) is 12.1. The maximum atomic E-state index is 11.9. The minimum Gasteiger partial charge on any atom is -0.486 e. The number of rotatable bonds is 4. The number of carbonyl (C=O) groups is 3. The molecule has 8 nitrogen and oxygen atoms in total. The van der Waals surface area contributed by atoms with Crippen LogP contribution in [0, 0.1) is 0 Å². The van der Waals surface area contributed by atoms with Gasteiger partial charge in [0, 0.05) is 21.8 Å². The molecule has 1 aliphatic rings. The zero-order chi connectivity index (χ0) is 20.1. The average molecular weight is 425 g/mol. The Morgan fingerprint density at radius 2 is 1.64 bits per heavy atom. The second-order valence-electron chi connectivity index (χ2n) is 5.59. The lowest BCUT2D eigenvalue weighted by atomic mass is 10.2. The zero-order valence-electron chi connectivity index (χ0n) is 14.3. The Morgan fingerprint density at radius 3 is 2.36 bits per heavy atom. The van der Waals surface area contributed by atoms with Crippen molar-refractivity contribution in [1.29, 1.82) is 0 Å². The lowest BCUT2D eigenvalue weighted by Gasteiger charge is -2.19. The molecular weight excluding hydrogens is 411 g/mol. The number of imide groups is 1. The average Bonchev–Trinajstić information content (AvgIpc) is 2.65. The van der Waals surface area contributed by atoms with E-state index < -0.39 is 24.5 Å². The van der Waals surface area contributed by atoms with Gasteiger partial charge < -0.3 is 19.5 Å². The standard InChI is InChI=1S/C18H14Cl2N2O6/c19-11-5-10(6-12(20)7-11)17(24)28-9-16(23)22-18(25)21-13-1-2-14-15(8-13)27-4-3-26-14/h1-2,5-8H,3-4,9H2,(H2,21,22,23,25). The molecule has 0 aromatic heterocycles. The number of esters is 1. The predicted octanol–water partition coefficient (Wildman–Crippen LogP) is 3.27. The summed E-state index contributed by atoms with van der Waals surface area (Å²) in [6.07, 6.45) is 0. The van der Waals surface area contributed by atoms with Crippen LogP contribution in [0.2, 0.25) is 10.0 Å². The van der Waals surface area contributed by atoms with Crippen LogP contribution < -0.4 is 20.1 Å². The lowest BCUT2D eigenvalue weighted by molar-refractivity contribution is -0.123. The Labute approximate surface area is 169 Å². The highest BCUT2D eigenvalue weighted by atomic mass is 35.5. The molecule has 0 bridgehead atoms. The van der Waals surface area contributed by atoms with E-state index in [9.17, 15) is 14.4 Å². The quantitative estimate of drug-likeness (QED) is 0.729. The zero-order valence-corrected chi connectivity index (χ0v) is 15.8. The van der Waals surface area contributed by atoms with Gasteiger partial charge in [-0.15, -0.1) is 0 Å². The molecule has 0 atom stereocenters. The molecule has 0 aliphatic carbocycles. The van der Waals surface area contributed by atoms with Gasteiger partial charge in [-0.1, -0.05) is 23.2 Å². The molecule has 0 saturated carbocycles. The summed E-state index contributed by atoms with van der Waals surface area (Å²) in [4.78, 5) is 35.6. The minimum atomic E-state index is -0.809. The Bertz CT molecular complexity index is 914. The van der Waals surface area contributed by atoms with Gasteiger partial charge in [0.1, 0.15) is 13.2 Å². The van der Waals surface area contributed by atoms with Gasteiger partial charge >= 0.3 is 12.0 Å². The SMILES string of the molecule is O=C(COC(=O)c1cc(Cl)cc(Cl)c1)NC(=O)Nc1ccc2c(c1)OCCO2. The fourth-order valence-corrected chi connectivity index (χ4v) is 2.86. The molecule has 10 heteroatoms. The molecule has 1 heterocycles. The first-order valence-corrected chi connectivity index (χ1v) is 8.80. The van der Waals surface area contributed by atoms with Crippen LogP contribution in [0.4, 0.5) is 10.5 Å². The Kier molecular flexibility index (Phi) is 6.23. The molecule has 2 N–H and O–H groups in total. The van der Waals surface area contributed by atoms with E-state index in [1.165, 1.54) is 18.2 Å². The third kappa shape index (κ3) is 5.28. The molecule has 28 heavy (non-hydrogen) atoms. The smallest absolute Gasteiger partial charge is 0.338 e. The van der Waals surface area contributed by atoms with Gasteiger partial charge in [-0.2, -0.15) is 0 Å². The first kappa shape index (κ1) is 19.8. The molecule has 0 fully saturated rings. The number of benzene rings is 2. The van der Waals surface area contributed by atoms with Crippen molar-refractivity contribution in [2.75, 3.05) is 25.1 Å². The van der Waals surface area contributed by atoms with Crippen molar-refractivity contribution in [3.8, 4) is 11.5 Å². The second kappa shape index (κ2) is 8.81. The van der Waals surface area contributed by atoms with Crippen molar-refractivity contribution >= 4 is 46.8 Å². The molecule has 1 aliphatic heterocycles. The number of hydrogen-bond donors (Lipinski definition) is 2. The van der Waals surface area contributed by atoms with Gasteiger partial charge in [-0.25, -0.2) is 9.59 Å². The molecule has 0 spiro atoms. The lowest BCUT2D eigenvalue weighted by Crippen LogP contribution is -2.37. The van der Waals surface area contributed by atoms with Gasteiger partial charge in [0.15, 0.2) is 18.1 Å². The molecular formula is C18H14Cl2N2O6. The number of amides is 3. The molecule has 3 rings (SSSR count). The number of halogens is 2. The van der Waals surface area contributed by atoms with Crippen molar-refractivity contribution in [1.82, 2.24) is 5.32 Å².